The highest BCUT2D eigenvalue weighted by Crippen LogP contribution is 2.39. The van der Waals surface area contributed by atoms with Crippen molar-refractivity contribution in [3.8, 4) is 5.75 Å². The number of rotatable bonds is 4. The van der Waals surface area contributed by atoms with Gasteiger partial charge in [0.2, 0.25) is 5.43 Å². The molecule has 3 aromatic rings. The van der Waals surface area contributed by atoms with Gasteiger partial charge in [0.25, 0.3) is 5.91 Å². The van der Waals surface area contributed by atoms with E-state index in [9.17, 15) is 23.5 Å². The lowest BCUT2D eigenvalue weighted by Gasteiger charge is -2.51. The Bertz CT molecular complexity index is 1330. The molecule has 3 heterocycles. The molecule has 34 heavy (non-hydrogen) atoms. The van der Waals surface area contributed by atoms with Crippen molar-refractivity contribution < 1.29 is 23.4 Å². The predicted octanol–water partition coefficient (Wildman–Crippen LogP) is 3.09. The van der Waals surface area contributed by atoms with Gasteiger partial charge in [0.15, 0.2) is 23.1 Å². The third-order valence-electron chi connectivity index (χ3n) is 6.13. The number of benzene rings is 2. The molecule has 1 saturated heterocycles. The molecule has 0 radical (unpaired) electrons. The molecule has 7 nitrogen and oxygen atoms in total. The smallest absolute Gasteiger partial charge is 0.278 e. The number of thioether (sulfide) groups is 1. The molecular weight excluding hydrogens is 464 g/mol. The van der Waals surface area contributed by atoms with Crippen LogP contribution in [-0.2, 0) is 4.74 Å². The number of carbonyl (C=O) groups is 1. The first-order valence-electron chi connectivity index (χ1n) is 10.6. The normalized spacial score (nSPS) is 18.4. The first-order chi connectivity index (χ1) is 16.4. The molecule has 2 aromatic carbocycles. The van der Waals surface area contributed by atoms with E-state index in [1.165, 1.54) is 39.7 Å². The molecule has 5 rings (SSSR count). The summed E-state index contributed by atoms with van der Waals surface area (Å²) in [6.07, 6.45) is 2.70. The Kier molecular flexibility index (Phi) is 5.78. The number of aromatic nitrogens is 1. The minimum Gasteiger partial charge on any atom is -0.502 e. The van der Waals surface area contributed by atoms with Crippen LogP contribution in [0.1, 0.15) is 27.7 Å². The maximum atomic E-state index is 14.4. The Hall–Kier alpha value is -3.37. The minimum absolute atomic E-state index is 0.152. The van der Waals surface area contributed by atoms with E-state index in [0.29, 0.717) is 12.2 Å². The second-order valence-corrected chi connectivity index (χ2v) is 8.82. The van der Waals surface area contributed by atoms with Crippen molar-refractivity contribution >= 4 is 17.7 Å². The highest BCUT2D eigenvalue weighted by Gasteiger charge is 2.45. The zero-order valence-corrected chi connectivity index (χ0v) is 19.0. The van der Waals surface area contributed by atoms with E-state index in [1.54, 1.807) is 5.01 Å². The van der Waals surface area contributed by atoms with Crippen LogP contribution in [0.25, 0.3) is 0 Å². The molecule has 2 aliphatic rings. The van der Waals surface area contributed by atoms with Crippen LogP contribution in [0.2, 0.25) is 0 Å². The lowest BCUT2D eigenvalue weighted by atomic mass is 9.96. The van der Waals surface area contributed by atoms with Gasteiger partial charge in [0.05, 0.1) is 19.3 Å². The van der Waals surface area contributed by atoms with Gasteiger partial charge in [0, 0.05) is 23.7 Å². The van der Waals surface area contributed by atoms with Gasteiger partial charge in [-0.3, -0.25) is 19.3 Å². The zero-order valence-electron chi connectivity index (χ0n) is 18.1. The molecule has 0 saturated carbocycles. The van der Waals surface area contributed by atoms with Crippen LogP contribution in [0.3, 0.4) is 0 Å². The second kappa shape index (κ2) is 8.77. The van der Waals surface area contributed by atoms with Gasteiger partial charge >= 0.3 is 0 Å². The van der Waals surface area contributed by atoms with Gasteiger partial charge in [-0.2, -0.15) is 0 Å². The van der Waals surface area contributed by atoms with Crippen molar-refractivity contribution in [1.29, 1.82) is 0 Å². The molecule has 1 amide bonds. The topological polar surface area (TPSA) is 75.0 Å². The fourth-order valence-corrected chi connectivity index (χ4v) is 5.21. The number of hydrogen-bond donors (Lipinski definition) is 1. The van der Waals surface area contributed by atoms with Crippen LogP contribution >= 0.6 is 11.8 Å². The number of aromatic hydroxyl groups is 1. The molecule has 176 valence electrons. The van der Waals surface area contributed by atoms with Crippen molar-refractivity contribution in [3.63, 3.8) is 0 Å². The standard InChI is InChI=1S/C24H21F2N3O4S/c1-34-19-5-3-2-4-15(19)21(14-6-7-16(25)17(26)12-14)29-20-13-33-11-10-27(20)24(32)22-23(31)18(30)8-9-28(22)29/h2-9,12,20-21,31H,10-11,13H2,1H3/t20-,21?/m1/s1. The summed E-state index contributed by atoms with van der Waals surface area (Å²) in [6, 6.07) is 11.7. The van der Waals surface area contributed by atoms with Gasteiger partial charge in [-0.15, -0.1) is 11.8 Å². The summed E-state index contributed by atoms with van der Waals surface area (Å²) in [7, 11) is 0. The summed E-state index contributed by atoms with van der Waals surface area (Å²) in [4.78, 5) is 27.9. The quantitative estimate of drug-likeness (QED) is 0.573. The number of carbonyl (C=O) groups excluding carboxylic acids is 1. The second-order valence-electron chi connectivity index (χ2n) is 7.97. The Labute approximate surface area is 198 Å². The summed E-state index contributed by atoms with van der Waals surface area (Å²) in [6.45, 7) is 0.696. The third kappa shape index (κ3) is 3.54. The Morgan fingerprint density at radius 3 is 2.68 bits per heavy atom. The van der Waals surface area contributed by atoms with Crippen LogP contribution in [-0.4, -0.2) is 52.8 Å². The lowest BCUT2D eigenvalue weighted by Crippen LogP contribution is -2.66. The molecule has 0 bridgehead atoms. The molecule has 1 N–H and O–H groups in total. The van der Waals surface area contributed by atoms with Gasteiger partial charge in [-0.1, -0.05) is 24.3 Å². The van der Waals surface area contributed by atoms with E-state index >= 15 is 0 Å². The number of hydrogen-bond acceptors (Lipinski definition) is 6. The molecule has 2 atom stereocenters. The maximum absolute atomic E-state index is 14.4. The molecule has 1 fully saturated rings. The first-order valence-corrected chi connectivity index (χ1v) is 11.8. The molecule has 1 unspecified atom stereocenters. The molecule has 10 heteroatoms. The monoisotopic (exact) mass is 485 g/mol. The van der Waals surface area contributed by atoms with Crippen LogP contribution in [0.4, 0.5) is 8.78 Å². The van der Waals surface area contributed by atoms with Crippen molar-refractivity contribution in [3.05, 3.63) is 93.4 Å². The fraction of sp³-hybridized carbons (Fsp3) is 0.250. The van der Waals surface area contributed by atoms with E-state index in [4.69, 9.17) is 4.74 Å². The summed E-state index contributed by atoms with van der Waals surface area (Å²) < 4.78 is 35.4. The molecule has 1 aromatic heterocycles. The lowest BCUT2D eigenvalue weighted by molar-refractivity contribution is -0.0197. The number of pyridine rings is 1. The number of halogens is 2. The van der Waals surface area contributed by atoms with Crippen molar-refractivity contribution in [2.75, 3.05) is 31.0 Å². The predicted molar refractivity (Wildman–Crippen MR) is 123 cm³/mol. The maximum Gasteiger partial charge on any atom is 0.278 e. The van der Waals surface area contributed by atoms with Crippen LogP contribution in [0.5, 0.6) is 5.75 Å². The summed E-state index contributed by atoms with van der Waals surface area (Å²) in [5.41, 5.74) is 0.356. The van der Waals surface area contributed by atoms with Gasteiger partial charge in [-0.05, 0) is 35.6 Å². The molecule has 2 aliphatic heterocycles. The van der Waals surface area contributed by atoms with E-state index < -0.39 is 40.9 Å². The number of amides is 1. The van der Waals surface area contributed by atoms with E-state index in [2.05, 4.69) is 0 Å². The largest absolute Gasteiger partial charge is 0.502 e. The highest BCUT2D eigenvalue weighted by molar-refractivity contribution is 7.98. The Balaban J connectivity index is 1.81. The highest BCUT2D eigenvalue weighted by atomic mass is 32.2. The Morgan fingerprint density at radius 1 is 1.12 bits per heavy atom. The van der Waals surface area contributed by atoms with Crippen molar-refractivity contribution in [2.24, 2.45) is 0 Å². The van der Waals surface area contributed by atoms with Gasteiger partial charge < -0.3 is 14.7 Å². The van der Waals surface area contributed by atoms with Crippen LogP contribution in [0, 0.1) is 11.6 Å². The average molecular weight is 486 g/mol. The van der Waals surface area contributed by atoms with E-state index in [0.717, 1.165) is 22.6 Å². The third-order valence-corrected chi connectivity index (χ3v) is 6.94. The number of morpholine rings is 1. The summed E-state index contributed by atoms with van der Waals surface area (Å²) >= 11 is 1.49. The van der Waals surface area contributed by atoms with Crippen molar-refractivity contribution in [1.82, 2.24) is 9.58 Å². The number of ether oxygens (including phenoxy) is 1. The van der Waals surface area contributed by atoms with Crippen LogP contribution in [0.15, 0.2) is 64.4 Å². The van der Waals surface area contributed by atoms with Gasteiger partial charge in [-0.25, -0.2) is 8.78 Å². The summed E-state index contributed by atoms with van der Waals surface area (Å²) in [5, 5.41) is 12.3. The average Bonchev–Trinajstić information content (AvgIpc) is 2.85. The first kappa shape index (κ1) is 22.4. The fourth-order valence-electron chi connectivity index (χ4n) is 4.58. The molecule has 0 aliphatic carbocycles. The molecular formula is C24H21F2N3O4S. The Morgan fingerprint density at radius 2 is 1.91 bits per heavy atom. The molecule has 0 spiro atoms. The van der Waals surface area contributed by atoms with E-state index in [1.807, 2.05) is 30.5 Å². The van der Waals surface area contributed by atoms with Gasteiger partial charge in [0.1, 0.15) is 6.17 Å². The number of fused-ring (bicyclic) bond motifs is 2. The van der Waals surface area contributed by atoms with E-state index in [-0.39, 0.29) is 18.8 Å². The minimum atomic E-state index is -1.00. The SMILES string of the molecule is CSc1ccccc1C(c1ccc(F)c(F)c1)N1[C@@H]2COCCN2C(=O)c2c(O)c(=O)ccn21. The summed E-state index contributed by atoms with van der Waals surface area (Å²) in [5.74, 6) is -3.14. The van der Waals surface area contributed by atoms with Crippen LogP contribution < -0.4 is 10.4 Å². The van der Waals surface area contributed by atoms with Crippen molar-refractivity contribution in [2.45, 2.75) is 17.1 Å². The number of nitrogens with zero attached hydrogens (tertiary/aromatic N) is 3. The zero-order chi connectivity index (χ0) is 24.0.